The average Bonchev–Trinajstić information content (AvgIpc) is 2.76. The molecule has 1 aromatic carbocycles. The summed E-state index contributed by atoms with van der Waals surface area (Å²) >= 11 is 0. The second-order valence-corrected chi connectivity index (χ2v) is 5.55. The summed E-state index contributed by atoms with van der Waals surface area (Å²) in [4.78, 5) is 30.4. The molecule has 1 aliphatic rings. The molecular weight excluding hydrogens is 270 g/mol. The Morgan fingerprint density at radius 1 is 1.38 bits per heavy atom. The molecule has 3 rings (SSSR count). The number of H-pyrrole nitrogens is 1. The van der Waals surface area contributed by atoms with E-state index in [0.717, 1.165) is 16.6 Å². The lowest BCUT2D eigenvalue weighted by Gasteiger charge is -2.31. The van der Waals surface area contributed by atoms with Crippen LogP contribution in [-0.4, -0.2) is 27.0 Å². The van der Waals surface area contributed by atoms with Crippen molar-refractivity contribution in [1.29, 1.82) is 0 Å². The van der Waals surface area contributed by atoms with Gasteiger partial charge in [-0.3, -0.25) is 9.59 Å². The number of aromatic nitrogens is 2. The van der Waals surface area contributed by atoms with E-state index in [1.807, 2.05) is 25.1 Å². The van der Waals surface area contributed by atoms with Gasteiger partial charge >= 0.3 is 5.97 Å². The molecule has 0 bridgehead atoms. The number of amides is 1. The van der Waals surface area contributed by atoms with E-state index in [1.165, 1.54) is 0 Å². The zero-order valence-corrected chi connectivity index (χ0v) is 11.7. The Hall–Kier alpha value is -2.37. The zero-order chi connectivity index (χ0) is 15.0. The van der Waals surface area contributed by atoms with Crippen LogP contribution in [0.1, 0.15) is 24.2 Å². The maximum Gasteiger partial charge on any atom is 0.307 e. The molecule has 0 aliphatic heterocycles. The van der Waals surface area contributed by atoms with E-state index in [2.05, 4.69) is 15.3 Å². The van der Waals surface area contributed by atoms with Crippen molar-refractivity contribution in [1.82, 2.24) is 15.3 Å². The van der Waals surface area contributed by atoms with Crippen LogP contribution in [0.5, 0.6) is 0 Å². The van der Waals surface area contributed by atoms with Crippen LogP contribution < -0.4 is 5.32 Å². The number of carboxylic acids is 1. The minimum atomic E-state index is -0.888. The van der Waals surface area contributed by atoms with Crippen LogP contribution in [0.3, 0.4) is 0 Å². The van der Waals surface area contributed by atoms with Crippen molar-refractivity contribution >= 4 is 22.9 Å². The molecule has 0 radical (unpaired) electrons. The van der Waals surface area contributed by atoms with Gasteiger partial charge in [-0.05, 0) is 37.5 Å². The first-order chi connectivity index (χ1) is 10.0. The fourth-order valence-corrected chi connectivity index (χ4v) is 2.67. The number of carbonyl (C=O) groups is 2. The standard InChI is InChI=1S/C15H17N3O3/c1-8-2-5-11-12(6-8)18-13(17-11)7-16-14(19)9-3-4-10(9)15(20)21/h2,5-6,9-10H,3-4,7H2,1H3,(H,16,19)(H,17,18)(H,20,21). The van der Waals surface area contributed by atoms with E-state index in [4.69, 9.17) is 5.11 Å². The van der Waals surface area contributed by atoms with Crippen molar-refractivity contribution in [2.45, 2.75) is 26.3 Å². The minimum absolute atomic E-state index is 0.203. The Balaban J connectivity index is 1.63. The summed E-state index contributed by atoms with van der Waals surface area (Å²) in [5.41, 5.74) is 2.93. The normalized spacial score (nSPS) is 21.0. The fourth-order valence-electron chi connectivity index (χ4n) is 2.67. The molecule has 2 unspecified atom stereocenters. The van der Waals surface area contributed by atoms with Crippen LogP contribution in [0.25, 0.3) is 11.0 Å². The van der Waals surface area contributed by atoms with Gasteiger partial charge in [0.2, 0.25) is 5.91 Å². The van der Waals surface area contributed by atoms with Crippen molar-refractivity contribution in [2.24, 2.45) is 11.8 Å². The van der Waals surface area contributed by atoms with Crippen LogP contribution in [0.4, 0.5) is 0 Å². The Bertz CT molecular complexity index is 707. The number of carbonyl (C=O) groups excluding carboxylic acids is 1. The fraction of sp³-hybridized carbons (Fsp3) is 0.400. The first-order valence-corrected chi connectivity index (χ1v) is 7.00. The number of aliphatic carboxylic acids is 1. The lowest BCUT2D eigenvalue weighted by atomic mass is 9.73. The molecule has 0 spiro atoms. The number of rotatable bonds is 4. The molecule has 1 heterocycles. The molecule has 6 heteroatoms. The molecule has 1 amide bonds. The predicted octanol–water partition coefficient (Wildman–Crippen LogP) is 1.60. The van der Waals surface area contributed by atoms with Gasteiger partial charge in [-0.2, -0.15) is 0 Å². The number of nitrogens with zero attached hydrogens (tertiary/aromatic N) is 1. The smallest absolute Gasteiger partial charge is 0.307 e. The first kappa shape index (κ1) is 13.6. The number of nitrogens with one attached hydrogen (secondary N) is 2. The number of aryl methyl sites for hydroxylation is 1. The van der Waals surface area contributed by atoms with Gasteiger partial charge < -0.3 is 15.4 Å². The molecular formula is C15H17N3O3. The minimum Gasteiger partial charge on any atom is -0.481 e. The Labute approximate surface area is 121 Å². The highest BCUT2D eigenvalue weighted by atomic mass is 16.4. The van der Waals surface area contributed by atoms with E-state index < -0.39 is 17.8 Å². The largest absolute Gasteiger partial charge is 0.481 e. The van der Waals surface area contributed by atoms with Gasteiger partial charge in [-0.25, -0.2) is 4.98 Å². The molecule has 1 aromatic heterocycles. The lowest BCUT2D eigenvalue weighted by molar-refractivity contribution is -0.152. The highest BCUT2D eigenvalue weighted by Gasteiger charge is 2.41. The van der Waals surface area contributed by atoms with Crippen LogP contribution in [0, 0.1) is 18.8 Å². The van der Waals surface area contributed by atoms with Gasteiger partial charge in [-0.1, -0.05) is 6.07 Å². The number of hydrogen-bond acceptors (Lipinski definition) is 3. The SMILES string of the molecule is Cc1ccc2nc(CNC(=O)C3CCC3C(=O)O)[nH]c2c1. The van der Waals surface area contributed by atoms with Crippen LogP contribution >= 0.6 is 0 Å². The average molecular weight is 287 g/mol. The molecule has 110 valence electrons. The third-order valence-corrected chi connectivity index (χ3v) is 4.04. The molecule has 2 aromatic rings. The summed E-state index contributed by atoms with van der Waals surface area (Å²) in [5.74, 6) is -1.36. The Morgan fingerprint density at radius 3 is 2.81 bits per heavy atom. The number of fused-ring (bicyclic) bond motifs is 1. The first-order valence-electron chi connectivity index (χ1n) is 7.00. The van der Waals surface area contributed by atoms with Crippen molar-refractivity contribution < 1.29 is 14.7 Å². The van der Waals surface area contributed by atoms with Gasteiger partial charge in [0.25, 0.3) is 0 Å². The van der Waals surface area contributed by atoms with Crippen LogP contribution in [-0.2, 0) is 16.1 Å². The van der Waals surface area contributed by atoms with E-state index in [9.17, 15) is 9.59 Å². The topological polar surface area (TPSA) is 95.1 Å². The number of hydrogen-bond donors (Lipinski definition) is 3. The molecule has 1 fully saturated rings. The summed E-state index contributed by atoms with van der Waals surface area (Å²) in [6.07, 6.45) is 1.22. The summed E-state index contributed by atoms with van der Waals surface area (Å²) < 4.78 is 0. The molecule has 0 saturated heterocycles. The van der Waals surface area contributed by atoms with E-state index in [1.54, 1.807) is 0 Å². The molecule has 21 heavy (non-hydrogen) atoms. The van der Waals surface area contributed by atoms with Crippen molar-refractivity contribution in [2.75, 3.05) is 0 Å². The van der Waals surface area contributed by atoms with Gasteiger partial charge in [0.05, 0.1) is 29.4 Å². The second kappa shape index (κ2) is 5.20. The van der Waals surface area contributed by atoms with Crippen molar-refractivity contribution in [3.63, 3.8) is 0 Å². The second-order valence-electron chi connectivity index (χ2n) is 5.55. The van der Waals surface area contributed by atoms with E-state index >= 15 is 0 Å². The third-order valence-electron chi connectivity index (χ3n) is 4.04. The summed E-state index contributed by atoms with van der Waals surface area (Å²) in [6.45, 7) is 2.29. The van der Waals surface area contributed by atoms with Gasteiger partial charge in [0, 0.05) is 0 Å². The van der Waals surface area contributed by atoms with Crippen molar-refractivity contribution in [3.05, 3.63) is 29.6 Å². The highest BCUT2D eigenvalue weighted by molar-refractivity contribution is 5.86. The lowest BCUT2D eigenvalue weighted by Crippen LogP contribution is -2.43. The van der Waals surface area contributed by atoms with Gasteiger partial charge in [0.15, 0.2) is 0 Å². The van der Waals surface area contributed by atoms with Crippen LogP contribution in [0.15, 0.2) is 18.2 Å². The molecule has 6 nitrogen and oxygen atoms in total. The predicted molar refractivity (Wildman–Crippen MR) is 76.5 cm³/mol. The monoisotopic (exact) mass is 287 g/mol. The van der Waals surface area contributed by atoms with Gasteiger partial charge in [-0.15, -0.1) is 0 Å². The Kier molecular flexibility index (Phi) is 3.37. The van der Waals surface area contributed by atoms with Crippen LogP contribution in [0.2, 0.25) is 0 Å². The summed E-state index contributed by atoms with van der Waals surface area (Å²) in [6, 6.07) is 5.91. The molecule has 3 N–H and O–H groups in total. The number of carboxylic acid groups (broad SMARTS) is 1. The molecule has 1 saturated carbocycles. The van der Waals surface area contributed by atoms with Crippen molar-refractivity contribution in [3.8, 4) is 0 Å². The van der Waals surface area contributed by atoms with E-state index in [0.29, 0.717) is 18.7 Å². The number of benzene rings is 1. The van der Waals surface area contributed by atoms with E-state index in [-0.39, 0.29) is 12.5 Å². The maximum absolute atomic E-state index is 12.0. The maximum atomic E-state index is 12.0. The summed E-state index contributed by atoms with van der Waals surface area (Å²) in [7, 11) is 0. The summed E-state index contributed by atoms with van der Waals surface area (Å²) in [5, 5.41) is 11.7. The van der Waals surface area contributed by atoms with Gasteiger partial charge in [0.1, 0.15) is 5.82 Å². The third kappa shape index (κ3) is 2.61. The molecule has 1 aliphatic carbocycles. The number of aromatic amines is 1. The zero-order valence-electron chi connectivity index (χ0n) is 11.7. The number of imidazole rings is 1. The highest BCUT2D eigenvalue weighted by Crippen LogP contribution is 2.34. The Morgan fingerprint density at radius 2 is 2.14 bits per heavy atom. The quantitative estimate of drug-likeness (QED) is 0.796. The molecule has 2 atom stereocenters.